The molecule has 0 aliphatic heterocycles. The number of carboxylic acid groups (broad SMARTS) is 1. The largest absolute Gasteiger partial charge is 0.481 e. The van der Waals surface area contributed by atoms with Crippen molar-refractivity contribution in [2.75, 3.05) is 0 Å². The SMILES string of the molecule is O=C(O)C[C@H](NC(c1ccccc1)(c1ccccc1)c1ccccc1)c1ccccc1. The van der Waals surface area contributed by atoms with Crippen LogP contribution in [0.2, 0.25) is 0 Å². The van der Waals surface area contributed by atoms with Crippen molar-refractivity contribution < 1.29 is 9.90 Å². The van der Waals surface area contributed by atoms with Crippen molar-refractivity contribution in [3.63, 3.8) is 0 Å². The van der Waals surface area contributed by atoms with E-state index < -0.39 is 11.5 Å². The second kappa shape index (κ2) is 9.41. The van der Waals surface area contributed by atoms with E-state index in [0.717, 1.165) is 22.3 Å². The summed E-state index contributed by atoms with van der Waals surface area (Å²) in [5, 5.41) is 13.5. The molecule has 0 aliphatic rings. The van der Waals surface area contributed by atoms with Crippen molar-refractivity contribution in [1.82, 2.24) is 5.32 Å². The maximum absolute atomic E-state index is 11.8. The molecule has 0 amide bonds. The Morgan fingerprint density at radius 1 is 0.645 bits per heavy atom. The van der Waals surface area contributed by atoms with Gasteiger partial charge in [0, 0.05) is 6.04 Å². The summed E-state index contributed by atoms with van der Waals surface area (Å²) in [7, 11) is 0. The monoisotopic (exact) mass is 407 g/mol. The Morgan fingerprint density at radius 3 is 1.35 bits per heavy atom. The van der Waals surface area contributed by atoms with Gasteiger partial charge in [0.2, 0.25) is 0 Å². The fourth-order valence-electron chi connectivity index (χ4n) is 4.19. The van der Waals surface area contributed by atoms with E-state index in [9.17, 15) is 9.90 Å². The first-order valence-corrected chi connectivity index (χ1v) is 10.4. The van der Waals surface area contributed by atoms with E-state index in [4.69, 9.17) is 0 Å². The van der Waals surface area contributed by atoms with Gasteiger partial charge in [0.25, 0.3) is 0 Å². The number of hydrogen-bond donors (Lipinski definition) is 2. The third-order valence-electron chi connectivity index (χ3n) is 5.59. The van der Waals surface area contributed by atoms with Crippen molar-refractivity contribution in [3.8, 4) is 0 Å². The van der Waals surface area contributed by atoms with Crippen molar-refractivity contribution in [3.05, 3.63) is 144 Å². The van der Waals surface area contributed by atoms with Crippen molar-refractivity contribution >= 4 is 5.97 Å². The van der Waals surface area contributed by atoms with Crippen LogP contribution < -0.4 is 5.32 Å². The fraction of sp³-hybridized carbons (Fsp3) is 0.107. The molecule has 2 N–H and O–H groups in total. The molecule has 0 fully saturated rings. The lowest BCUT2D eigenvalue weighted by Crippen LogP contribution is -2.47. The Kier molecular flexibility index (Phi) is 6.25. The standard InChI is InChI=1S/C28H25NO2/c30-27(31)21-26(22-13-5-1-6-14-22)29-28(23-15-7-2-8-16-23,24-17-9-3-10-18-24)25-19-11-4-12-20-25/h1-20,26,29H,21H2,(H,30,31)/t26-/m0/s1. The van der Waals surface area contributed by atoms with Crippen LogP contribution in [0.5, 0.6) is 0 Å². The molecule has 4 rings (SSSR count). The highest BCUT2D eigenvalue weighted by Gasteiger charge is 2.38. The second-order valence-corrected chi connectivity index (χ2v) is 7.55. The predicted octanol–water partition coefficient (Wildman–Crippen LogP) is 5.78. The number of nitrogens with one attached hydrogen (secondary N) is 1. The van der Waals surface area contributed by atoms with Gasteiger partial charge >= 0.3 is 5.97 Å². The number of benzene rings is 4. The Balaban J connectivity index is 1.96. The van der Waals surface area contributed by atoms with E-state index in [2.05, 4.69) is 41.7 Å². The quantitative estimate of drug-likeness (QED) is 0.364. The van der Waals surface area contributed by atoms with Gasteiger partial charge in [0.1, 0.15) is 0 Å². The van der Waals surface area contributed by atoms with E-state index in [1.54, 1.807) is 0 Å². The molecule has 4 aromatic carbocycles. The molecule has 3 nitrogen and oxygen atoms in total. The summed E-state index contributed by atoms with van der Waals surface area (Å²) >= 11 is 0. The first kappa shape index (κ1) is 20.6. The molecule has 31 heavy (non-hydrogen) atoms. The third kappa shape index (κ3) is 4.42. The second-order valence-electron chi connectivity index (χ2n) is 7.55. The van der Waals surface area contributed by atoms with E-state index in [1.165, 1.54) is 0 Å². The average Bonchev–Trinajstić information content (AvgIpc) is 2.84. The first-order valence-electron chi connectivity index (χ1n) is 10.4. The lowest BCUT2D eigenvalue weighted by molar-refractivity contribution is -0.137. The molecule has 0 aromatic heterocycles. The normalized spacial score (nSPS) is 12.3. The molecule has 3 heteroatoms. The van der Waals surface area contributed by atoms with Crippen LogP contribution in [0.25, 0.3) is 0 Å². The topological polar surface area (TPSA) is 49.3 Å². The molecule has 0 saturated heterocycles. The first-order chi connectivity index (χ1) is 15.2. The van der Waals surface area contributed by atoms with Crippen LogP contribution in [0.15, 0.2) is 121 Å². The predicted molar refractivity (Wildman–Crippen MR) is 124 cm³/mol. The molecule has 0 saturated carbocycles. The molecule has 0 aliphatic carbocycles. The minimum atomic E-state index is -0.843. The van der Waals surface area contributed by atoms with Gasteiger partial charge in [-0.05, 0) is 22.3 Å². The van der Waals surface area contributed by atoms with Crippen LogP contribution in [0.4, 0.5) is 0 Å². The van der Waals surface area contributed by atoms with Crippen molar-refractivity contribution in [2.24, 2.45) is 0 Å². The van der Waals surface area contributed by atoms with E-state index in [0.29, 0.717) is 0 Å². The highest BCUT2D eigenvalue weighted by molar-refractivity contribution is 5.68. The van der Waals surface area contributed by atoms with Crippen molar-refractivity contribution in [2.45, 2.75) is 18.0 Å². The number of aliphatic carboxylic acids is 1. The van der Waals surface area contributed by atoms with Crippen LogP contribution in [0.1, 0.15) is 34.7 Å². The summed E-state index contributed by atoms with van der Waals surface area (Å²) in [4.78, 5) is 11.8. The number of carboxylic acids is 1. The molecule has 154 valence electrons. The van der Waals surface area contributed by atoms with Gasteiger partial charge in [-0.15, -0.1) is 0 Å². The highest BCUT2D eigenvalue weighted by atomic mass is 16.4. The van der Waals surface area contributed by atoms with Gasteiger partial charge in [-0.2, -0.15) is 0 Å². The maximum atomic E-state index is 11.8. The minimum Gasteiger partial charge on any atom is -0.481 e. The zero-order chi connectivity index (χ0) is 21.5. The van der Waals surface area contributed by atoms with Crippen molar-refractivity contribution in [1.29, 1.82) is 0 Å². The third-order valence-corrected chi connectivity index (χ3v) is 5.59. The van der Waals surface area contributed by atoms with Crippen LogP contribution in [0.3, 0.4) is 0 Å². The highest BCUT2D eigenvalue weighted by Crippen LogP contribution is 2.39. The number of carbonyl (C=O) groups is 1. The lowest BCUT2D eigenvalue weighted by atomic mass is 9.76. The smallest absolute Gasteiger partial charge is 0.305 e. The van der Waals surface area contributed by atoms with Gasteiger partial charge in [-0.3, -0.25) is 10.1 Å². The molecule has 0 spiro atoms. The molecular formula is C28H25NO2. The Bertz CT molecular complexity index is 1000. The zero-order valence-electron chi connectivity index (χ0n) is 17.2. The minimum absolute atomic E-state index is 0.0295. The molecular weight excluding hydrogens is 382 g/mol. The molecule has 0 bridgehead atoms. The van der Waals surface area contributed by atoms with E-state index in [-0.39, 0.29) is 12.5 Å². The van der Waals surface area contributed by atoms with Gasteiger partial charge in [-0.1, -0.05) is 121 Å². The summed E-state index contributed by atoms with van der Waals surface area (Å²) in [6, 6.07) is 40.1. The summed E-state index contributed by atoms with van der Waals surface area (Å²) < 4.78 is 0. The Labute approximate surface area is 183 Å². The van der Waals surface area contributed by atoms with E-state index >= 15 is 0 Å². The van der Waals surface area contributed by atoms with E-state index in [1.807, 2.05) is 84.9 Å². The Hall–Kier alpha value is -3.69. The fourth-order valence-corrected chi connectivity index (χ4v) is 4.19. The van der Waals surface area contributed by atoms with Crippen LogP contribution >= 0.6 is 0 Å². The molecule has 0 unspecified atom stereocenters. The Morgan fingerprint density at radius 2 is 1.00 bits per heavy atom. The summed E-state index contributed by atoms with van der Waals surface area (Å²) in [5.41, 5.74) is 3.38. The number of rotatable bonds is 8. The van der Waals surface area contributed by atoms with Crippen LogP contribution in [0, 0.1) is 0 Å². The summed E-state index contributed by atoms with van der Waals surface area (Å²) in [5.74, 6) is -0.843. The molecule has 0 heterocycles. The summed E-state index contributed by atoms with van der Waals surface area (Å²) in [6.45, 7) is 0. The van der Waals surface area contributed by atoms with Crippen LogP contribution in [-0.4, -0.2) is 11.1 Å². The van der Waals surface area contributed by atoms with Gasteiger partial charge < -0.3 is 5.11 Å². The van der Waals surface area contributed by atoms with Gasteiger partial charge in [0.15, 0.2) is 0 Å². The maximum Gasteiger partial charge on any atom is 0.305 e. The van der Waals surface area contributed by atoms with Gasteiger partial charge in [0.05, 0.1) is 12.0 Å². The van der Waals surface area contributed by atoms with Gasteiger partial charge in [-0.25, -0.2) is 0 Å². The molecule has 0 radical (unpaired) electrons. The average molecular weight is 408 g/mol. The lowest BCUT2D eigenvalue weighted by Gasteiger charge is -2.40. The van der Waals surface area contributed by atoms with Crippen LogP contribution in [-0.2, 0) is 10.3 Å². The number of hydrogen-bond acceptors (Lipinski definition) is 2. The molecule has 4 aromatic rings. The molecule has 1 atom stereocenters. The zero-order valence-corrected chi connectivity index (χ0v) is 17.2. The summed E-state index contributed by atoms with van der Waals surface area (Å²) in [6.07, 6.45) is -0.0295.